The SMILES string of the molecule is CCC(CC)(CO)CC1COC(=O)O1. The van der Waals surface area contributed by atoms with Crippen LogP contribution >= 0.6 is 0 Å². The van der Waals surface area contributed by atoms with Crippen LogP contribution in [0.15, 0.2) is 0 Å². The van der Waals surface area contributed by atoms with E-state index in [1.807, 2.05) is 13.8 Å². The Morgan fingerprint density at radius 2 is 2.14 bits per heavy atom. The third-order valence-corrected chi connectivity index (χ3v) is 3.15. The van der Waals surface area contributed by atoms with E-state index in [-0.39, 0.29) is 18.1 Å². The minimum atomic E-state index is -0.589. The van der Waals surface area contributed by atoms with Crippen LogP contribution < -0.4 is 0 Å². The lowest BCUT2D eigenvalue weighted by Crippen LogP contribution is -2.30. The lowest BCUT2D eigenvalue weighted by molar-refractivity contribution is 0.0501. The van der Waals surface area contributed by atoms with Crippen molar-refractivity contribution in [2.24, 2.45) is 5.41 Å². The highest BCUT2D eigenvalue weighted by molar-refractivity contribution is 5.61. The molecule has 0 spiro atoms. The van der Waals surface area contributed by atoms with Gasteiger partial charge in [0.05, 0.1) is 0 Å². The van der Waals surface area contributed by atoms with Crippen LogP contribution in [0.4, 0.5) is 4.79 Å². The van der Waals surface area contributed by atoms with Crippen molar-refractivity contribution in [3.05, 3.63) is 0 Å². The highest BCUT2D eigenvalue weighted by Crippen LogP contribution is 2.33. The first-order chi connectivity index (χ1) is 6.65. The minimum Gasteiger partial charge on any atom is -0.430 e. The summed E-state index contributed by atoms with van der Waals surface area (Å²) in [6, 6.07) is 0. The van der Waals surface area contributed by atoms with Crippen molar-refractivity contribution in [2.45, 2.75) is 39.2 Å². The molecule has 1 fully saturated rings. The molecule has 0 aromatic heterocycles. The van der Waals surface area contributed by atoms with Gasteiger partial charge in [-0.15, -0.1) is 0 Å². The summed E-state index contributed by atoms with van der Waals surface area (Å²) in [4.78, 5) is 10.7. The zero-order valence-corrected chi connectivity index (χ0v) is 8.78. The second-order valence-electron chi connectivity index (χ2n) is 3.87. The minimum absolute atomic E-state index is 0.126. The quantitative estimate of drug-likeness (QED) is 0.689. The van der Waals surface area contributed by atoms with Gasteiger partial charge in [0.15, 0.2) is 0 Å². The first-order valence-electron chi connectivity index (χ1n) is 5.10. The lowest BCUT2D eigenvalue weighted by Gasteiger charge is -2.30. The molecule has 0 aliphatic carbocycles. The molecule has 0 saturated carbocycles. The number of cyclic esters (lactones) is 2. The van der Waals surface area contributed by atoms with Gasteiger partial charge >= 0.3 is 6.16 Å². The summed E-state index contributed by atoms with van der Waals surface area (Å²) < 4.78 is 9.65. The molecule has 0 aromatic carbocycles. The maximum Gasteiger partial charge on any atom is 0.508 e. The number of hydrogen-bond donors (Lipinski definition) is 1. The molecule has 1 aliphatic heterocycles. The highest BCUT2D eigenvalue weighted by atomic mass is 16.8. The number of carbonyl (C=O) groups excluding carboxylic acids is 1. The number of rotatable bonds is 5. The number of ether oxygens (including phenoxy) is 2. The van der Waals surface area contributed by atoms with Crippen molar-refractivity contribution < 1.29 is 19.4 Å². The van der Waals surface area contributed by atoms with E-state index < -0.39 is 6.16 Å². The second-order valence-corrected chi connectivity index (χ2v) is 3.87. The number of aliphatic hydroxyl groups is 1. The largest absolute Gasteiger partial charge is 0.508 e. The van der Waals surface area contributed by atoms with E-state index in [2.05, 4.69) is 0 Å². The summed E-state index contributed by atoms with van der Waals surface area (Å²) in [5, 5.41) is 9.32. The van der Waals surface area contributed by atoms with Crippen LogP contribution in [0, 0.1) is 5.41 Å². The Labute approximate surface area is 84.2 Å². The molecule has 4 nitrogen and oxygen atoms in total. The van der Waals surface area contributed by atoms with Crippen LogP contribution in [0.1, 0.15) is 33.1 Å². The molecule has 1 N–H and O–H groups in total. The third-order valence-electron chi connectivity index (χ3n) is 3.15. The maximum atomic E-state index is 10.7. The molecule has 1 saturated heterocycles. The molecule has 1 atom stereocenters. The van der Waals surface area contributed by atoms with E-state index in [1.54, 1.807) is 0 Å². The van der Waals surface area contributed by atoms with Crippen LogP contribution in [0.3, 0.4) is 0 Å². The van der Waals surface area contributed by atoms with Crippen molar-refractivity contribution in [3.8, 4) is 0 Å². The van der Waals surface area contributed by atoms with E-state index in [9.17, 15) is 9.90 Å². The molecule has 0 aromatic rings. The van der Waals surface area contributed by atoms with Gasteiger partial charge in [-0.1, -0.05) is 13.8 Å². The molecule has 0 radical (unpaired) electrons. The van der Waals surface area contributed by atoms with Crippen LogP contribution in [0.2, 0.25) is 0 Å². The average Bonchev–Trinajstić information content (AvgIpc) is 2.61. The maximum absolute atomic E-state index is 10.7. The molecule has 1 heterocycles. The normalized spacial score (nSPS) is 21.9. The molecule has 4 heteroatoms. The smallest absolute Gasteiger partial charge is 0.430 e. The fourth-order valence-corrected chi connectivity index (χ4v) is 1.78. The topological polar surface area (TPSA) is 55.8 Å². The van der Waals surface area contributed by atoms with Gasteiger partial charge in [0.2, 0.25) is 0 Å². The molecule has 1 rings (SSSR count). The highest BCUT2D eigenvalue weighted by Gasteiger charge is 2.34. The molecular weight excluding hydrogens is 184 g/mol. The van der Waals surface area contributed by atoms with Gasteiger partial charge in [0.25, 0.3) is 0 Å². The van der Waals surface area contributed by atoms with Gasteiger partial charge in [0, 0.05) is 6.61 Å². The molecule has 1 unspecified atom stereocenters. The van der Waals surface area contributed by atoms with E-state index in [4.69, 9.17) is 9.47 Å². The third kappa shape index (κ3) is 2.38. The van der Waals surface area contributed by atoms with Crippen LogP contribution in [0.5, 0.6) is 0 Å². The van der Waals surface area contributed by atoms with Gasteiger partial charge in [-0.3, -0.25) is 0 Å². The Bertz CT molecular complexity index is 190. The fourth-order valence-electron chi connectivity index (χ4n) is 1.78. The van der Waals surface area contributed by atoms with Crippen molar-refractivity contribution in [1.82, 2.24) is 0 Å². The van der Waals surface area contributed by atoms with E-state index >= 15 is 0 Å². The summed E-state index contributed by atoms with van der Waals surface area (Å²) in [7, 11) is 0. The van der Waals surface area contributed by atoms with Crippen LogP contribution in [-0.2, 0) is 9.47 Å². The van der Waals surface area contributed by atoms with Crippen LogP contribution in [-0.4, -0.2) is 30.6 Å². The first kappa shape index (κ1) is 11.3. The number of aliphatic hydroxyl groups excluding tert-OH is 1. The van der Waals surface area contributed by atoms with E-state index in [0.717, 1.165) is 12.8 Å². The van der Waals surface area contributed by atoms with Gasteiger partial charge < -0.3 is 14.6 Å². The zero-order valence-electron chi connectivity index (χ0n) is 8.78. The molecule has 14 heavy (non-hydrogen) atoms. The van der Waals surface area contributed by atoms with Gasteiger partial charge in [-0.05, 0) is 24.7 Å². The predicted molar refractivity (Wildman–Crippen MR) is 50.9 cm³/mol. The average molecular weight is 202 g/mol. The summed E-state index contributed by atoms with van der Waals surface area (Å²) >= 11 is 0. The summed E-state index contributed by atoms with van der Waals surface area (Å²) in [5.74, 6) is 0. The van der Waals surface area contributed by atoms with Crippen molar-refractivity contribution in [3.63, 3.8) is 0 Å². The summed E-state index contributed by atoms with van der Waals surface area (Å²) in [6.07, 6.45) is 1.67. The number of hydrogen-bond acceptors (Lipinski definition) is 4. The lowest BCUT2D eigenvalue weighted by atomic mass is 9.78. The molecular formula is C10H18O4. The zero-order chi connectivity index (χ0) is 10.6. The fraction of sp³-hybridized carbons (Fsp3) is 0.900. The summed E-state index contributed by atoms with van der Waals surface area (Å²) in [6.45, 7) is 4.53. The van der Waals surface area contributed by atoms with E-state index in [0.29, 0.717) is 13.0 Å². The summed E-state index contributed by atoms with van der Waals surface area (Å²) in [5.41, 5.74) is -0.126. The van der Waals surface area contributed by atoms with Gasteiger partial charge in [-0.25, -0.2) is 4.79 Å². The molecule has 0 bridgehead atoms. The Kier molecular flexibility index (Phi) is 3.75. The molecule has 0 amide bonds. The second kappa shape index (κ2) is 4.64. The Morgan fingerprint density at radius 3 is 2.50 bits per heavy atom. The molecule has 1 aliphatic rings. The van der Waals surface area contributed by atoms with Gasteiger partial charge in [0.1, 0.15) is 12.7 Å². The Hall–Kier alpha value is -0.770. The van der Waals surface area contributed by atoms with E-state index in [1.165, 1.54) is 0 Å². The van der Waals surface area contributed by atoms with Crippen LogP contribution in [0.25, 0.3) is 0 Å². The Balaban J connectivity index is 2.51. The predicted octanol–water partition coefficient (Wildman–Crippen LogP) is 1.71. The molecule has 82 valence electrons. The van der Waals surface area contributed by atoms with Crippen molar-refractivity contribution >= 4 is 6.16 Å². The monoisotopic (exact) mass is 202 g/mol. The van der Waals surface area contributed by atoms with Crippen molar-refractivity contribution in [2.75, 3.05) is 13.2 Å². The number of carbonyl (C=O) groups is 1. The Morgan fingerprint density at radius 1 is 1.50 bits per heavy atom. The van der Waals surface area contributed by atoms with Crippen molar-refractivity contribution in [1.29, 1.82) is 0 Å². The standard InChI is InChI=1S/C10H18O4/c1-3-10(4-2,7-11)5-8-6-13-9(12)14-8/h8,11H,3-7H2,1-2H3. The van der Waals surface area contributed by atoms with Gasteiger partial charge in [-0.2, -0.15) is 0 Å². The first-order valence-corrected chi connectivity index (χ1v) is 5.10.